The molecule has 17 heavy (non-hydrogen) atoms. The molecule has 2 atom stereocenters. The highest BCUT2D eigenvalue weighted by Gasteiger charge is 2.34. The van der Waals surface area contributed by atoms with Crippen LogP contribution in [0.3, 0.4) is 0 Å². The molecule has 0 aromatic rings. The fourth-order valence-electron chi connectivity index (χ4n) is 3.00. The second-order valence-corrected chi connectivity index (χ2v) is 5.35. The summed E-state index contributed by atoms with van der Waals surface area (Å²) >= 11 is 0. The standard InChI is InChI=1S/C13H25N3O/c1-3-8-16(10-11-5-4-7-14-11)12-6-9-15(2)13(12)17/h11-12,14H,3-10H2,1-2H3. The lowest BCUT2D eigenvalue weighted by atomic mass is 10.1. The molecule has 98 valence electrons. The quantitative estimate of drug-likeness (QED) is 0.766. The smallest absolute Gasteiger partial charge is 0.239 e. The van der Waals surface area contributed by atoms with Crippen LogP contribution in [0, 0.1) is 0 Å². The van der Waals surface area contributed by atoms with Crippen LogP contribution in [0.15, 0.2) is 0 Å². The van der Waals surface area contributed by atoms with Gasteiger partial charge in [0.2, 0.25) is 5.91 Å². The molecule has 0 aliphatic carbocycles. The van der Waals surface area contributed by atoms with Crippen molar-refractivity contribution in [3.8, 4) is 0 Å². The molecular weight excluding hydrogens is 214 g/mol. The zero-order valence-electron chi connectivity index (χ0n) is 11.1. The van der Waals surface area contributed by atoms with Gasteiger partial charge in [0.15, 0.2) is 0 Å². The summed E-state index contributed by atoms with van der Waals surface area (Å²) in [5.41, 5.74) is 0. The second-order valence-electron chi connectivity index (χ2n) is 5.35. The Balaban J connectivity index is 1.93. The molecule has 2 rings (SSSR count). The van der Waals surface area contributed by atoms with Crippen LogP contribution in [0.1, 0.15) is 32.6 Å². The molecule has 0 bridgehead atoms. The zero-order valence-corrected chi connectivity index (χ0v) is 11.1. The van der Waals surface area contributed by atoms with Gasteiger partial charge in [0.1, 0.15) is 0 Å². The van der Waals surface area contributed by atoms with E-state index in [4.69, 9.17) is 0 Å². The number of amides is 1. The number of hydrogen-bond donors (Lipinski definition) is 1. The Morgan fingerprint density at radius 1 is 1.47 bits per heavy atom. The number of rotatable bonds is 5. The number of carbonyl (C=O) groups is 1. The summed E-state index contributed by atoms with van der Waals surface area (Å²) < 4.78 is 0. The maximum absolute atomic E-state index is 12.1. The van der Waals surface area contributed by atoms with Gasteiger partial charge in [-0.25, -0.2) is 0 Å². The maximum atomic E-state index is 12.1. The number of carbonyl (C=O) groups excluding carboxylic acids is 1. The Labute approximate surface area is 104 Å². The molecule has 0 radical (unpaired) electrons. The topological polar surface area (TPSA) is 35.6 Å². The number of likely N-dealkylation sites (tertiary alicyclic amines) is 1. The average Bonchev–Trinajstić information content (AvgIpc) is 2.91. The van der Waals surface area contributed by atoms with Gasteiger partial charge < -0.3 is 10.2 Å². The highest BCUT2D eigenvalue weighted by atomic mass is 16.2. The number of nitrogens with one attached hydrogen (secondary N) is 1. The van der Waals surface area contributed by atoms with E-state index in [9.17, 15) is 4.79 Å². The van der Waals surface area contributed by atoms with Gasteiger partial charge in [-0.2, -0.15) is 0 Å². The maximum Gasteiger partial charge on any atom is 0.239 e. The van der Waals surface area contributed by atoms with Gasteiger partial charge in [0, 0.05) is 26.2 Å². The van der Waals surface area contributed by atoms with Crippen molar-refractivity contribution in [3.05, 3.63) is 0 Å². The third kappa shape index (κ3) is 2.99. The van der Waals surface area contributed by atoms with Crippen molar-refractivity contribution in [2.24, 2.45) is 0 Å². The monoisotopic (exact) mass is 239 g/mol. The van der Waals surface area contributed by atoms with Crippen LogP contribution in [-0.2, 0) is 4.79 Å². The Bertz CT molecular complexity index is 263. The molecule has 0 spiro atoms. The molecule has 0 aromatic heterocycles. The summed E-state index contributed by atoms with van der Waals surface area (Å²) in [7, 11) is 1.92. The Kier molecular flexibility index (Phi) is 4.40. The molecule has 2 aliphatic heterocycles. The van der Waals surface area contributed by atoms with Crippen molar-refractivity contribution in [1.29, 1.82) is 0 Å². The molecule has 2 heterocycles. The SMILES string of the molecule is CCCN(CC1CCCN1)C1CCN(C)C1=O. The first-order chi connectivity index (χ1) is 8.22. The molecule has 2 fully saturated rings. The number of hydrogen-bond acceptors (Lipinski definition) is 3. The lowest BCUT2D eigenvalue weighted by molar-refractivity contribution is -0.131. The van der Waals surface area contributed by atoms with E-state index in [1.807, 2.05) is 11.9 Å². The van der Waals surface area contributed by atoms with Crippen LogP contribution in [0.2, 0.25) is 0 Å². The minimum atomic E-state index is 0.141. The Hall–Kier alpha value is -0.610. The third-order valence-electron chi connectivity index (χ3n) is 3.97. The minimum absolute atomic E-state index is 0.141. The highest BCUT2D eigenvalue weighted by molar-refractivity contribution is 5.83. The predicted octanol–water partition coefficient (Wildman–Crippen LogP) is 0.681. The first-order valence-corrected chi connectivity index (χ1v) is 6.94. The molecule has 0 saturated carbocycles. The van der Waals surface area contributed by atoms with Crippen LogP contribution in [-0.4, -0.2) is 61.0 Å². The van der Waals surface area contributed by atoms with E-state index in [-0.39, 0.29) is 6.04 Å². The summed E-state index contributed by atoms with van der Waals surface area (Å²) in [4.78, 5) is 16.3. The van der Waals surface area contributed by atoms with E-state index in [1.165, 1.54) is 12.8 Å². The number of likely N-dealkylation sites (N-methyl/N-ethyl adjacent to an activating group) is 1. The van der Waals surface area contributed by atoms with Gasteiger partial charge >= 0.3 is 0 Å². The van der Waals surface area contributed by atoms with Crippen molar-refractivity contribution >= 4 is 5.91 Å². The van der Waals surface area contributed by atoms with Gasteiger partial charge in [-0.1, -0.05) is 6.92 Å². The first-order valence-electron chi connectivity index (χ1n) is 6.94. The van der Waals surface area contributed by atoms with Crippen molar-refractivity contribution < 1.29 is 4.79 Å². The van der Waals surface area contributed by atoms with E-state index >= 15 is 0 Å². The van der Waals surface area contributed by atoms with Gasteiger partial charge in [-0.05, 0) is 38.8 Å². The van der Waals surface area contributed by atoms with Gasteiger partial charge in [0.05, 0.1) is 6.04 Å². The fourth-order valence-corrected chi connectivity index (χ4v) is 3.00. The van der Waals surface area contributed by atoms with Crippen LogP contribution in [0.5, 0.6) is 0 Å². The lowest BCUT2D eigenvalue weighted by Crippen LogP contribution is -2.47. The summed E-state index contributed by atoms with van der Waals surface area (Å²) in [6.45, 7) is 6.34. The van der Waals surface area contributed by atoms with Crippen molar-refractivity contribution in [2.45, 2.75) is 44.7 Å². The van der Waals surface area contributed by atoms with Crippen LogP contribution in [0.4, 0.5) is 0 Å². The molecule has 2 saturated heterocycles. The Morgan fingerprint density at radius 2 is 2.29 bits per heavy atom. The molecule has 4 heteroatoms. The predicted molar refractivity (Wildman–Crippen MR) is 68.9 cm³/mol. The number of nitrogens with zero attached hydrogens (tertiary/aromatic N) is 2. The minimum Gasteiger partial charge on any atom is -0.344 e. The molecule has 1 N–H and O–H groups in total. The summed E-state index contributed by atoms with van der Waals surface area (Å²) in [6.07, 6.45) is 4.67. The van der Waals surface area contributed by atoms with Gasteiger partial charge in [-0.15, -0.1) is 0 Å². The van der Waals surface area contributed by atoms with Gasteiger partial charge in [0.25, 0.3) is 0 Å². The van der Waals surface area contributed by atoms with Crippen molar-refractivity contribution in [2.75, 3.05) is 33.2 Å². The highest BCUT2D eigenvalue weighted by Crippen LogP contribution is 2.18. The normalized spacial score (nSPS) is 29.6. The van der Waals surface area contributed by atoms with E-state index in [0.29, 0.717) is 11.9 Å². The van der Waals surface area contributed by atoms with Crippen LogP contribution >= 0.6 is 0 Å². The zero-order chi connectivity index (χ0) is 12.3. The average molecular weight is 239 g/mol. The molecular formula is C13H25N3O. The molecule has 4 nitrogen and oxygen atoms in total. The Morgan fingerprint density at radius 3 is 2.82 bits per heavy atom. The van der Waals surface area contributed by atoms with E-state index in [1.54, 1.807) is 0 Å². The second kappa shape index (κ2) is 5.83. The lowest BCUT2D eigenvalue weighted by Gasteiger charge is -2.29. The summed E-state index contributed by atoms with van der Waals surface area (Å²) in [5, 5.41) is 3.53. The molecule has 0 aromatic carbocycles. The van der Waals surface area contributed by atoms with E-state index in [0.717, 1.165) is 39.0 Å². The van der Waals surface area contributed by atoms with Gasteiger partial charge in [-0.3, -0.25) is 9.69 Å². The van der Waals surface area contributed by atoms with Crippen LogP contribution in [0.25, 0.3) is 0 Å². The van der Waals surface area contributed by atoms with Crippen LogP contribution < -0.4 is 5.32 Å². The van der Waals surface area contributed by atoms with E-state index in [2.05, 4.69) is 17.1 Å². The largest absolute Gasteiger partial charge is 0.344 e. The van der Waals surface area contributed by atoms with E-state index < -0.39 is 0 Å². The van der Waals surface area contributed by atoms with Crippen molar-refractivity contribution in [3.63, 3.8) is 0 Å². The third-order valence-corrected chi connectivity index (χ3v) is 3.97. The molecule has 2 unspecified atom stereocenters. The van der Waals surface area contributed by atoms with Crippen molar-refractivity contribution in [1.82, 2.24) is 15.1 Å². The summed E-state index contributed by atoms with van der Waals surface area (Å²) in [5.74, 6) is 0.316. The fraction of sp³-hybridized carbons (Fsp3) is 0.923. The molecule has 2 aliphatic rings. The molecule has 1 amide bonds. The first kappa shape index (κ1) is 12.8. The summed E-state index contributed by atoms with van der Waals surface area (Å²) in [6, 6.07) is 0.739.